The Bertz CT molecular complexity index is 877. The van der Waals surface area contributed by atoms with Gasteiger partial charge in [0.15, 0.2) is 0 Å². The molecule has 5 rings (SSSR count). The third-order valence-electron chi connectivity index (χ3n) is 10.7. The lowest BCUT2D eigenvalue weighted by Crippen LogP contribution is -2.52. The summed E-state index contributed by atoms with van der Waals surface area (Å²) in [6.07, 6.45) is 14.8. The van der Waals surface area contributed by atoms with Crippen LogP contribution in [0.4, 0.5) is 0 Å². The average molecular weight is 454 g/mol. The minimum atomic E-state index is -0.584. The molecule has 1 unspecified atom stereocenters. The van der Waals surface area contributed by atoms with Gasteiger partial charge in [-0.1, -0.05) is 13.8 Å². The molecule has 4 saturated carbocycles. The maximum Gasteiger partial charge on any atom is 0.102 e. The fraction of sp³-hybridized carbons (Fsp3) is 0.857. The fourth-order valence-electron chi connectivity index (χ4n) is 9.30. The Hall–Kier alpha value is -1.38. The van der Waals surface area contributed by atoms with Crippen LogP contribution in [0.5, 0.6) is 0 Å². The van der Waals surface area contributed by atoms with Crippen molar-refractivity contribution in [2.24, 2.45) is 46.8 Å². The molecule has 0 amide bonds. The number of hydrogen-bond donors (Lipinski definition) is 1. The maximum absolute atomic E-state index is 11.1. The van der Waals surface area contributed by atoms with Crippen molar-refractivity contribution >= 4 is 0 Å². The smallest absolute Gasteiger partial charge is 0.102 e. The number of nitriles is 1. The molecule has 1 aromatic heterocycles. The normalized spacial score (nSPS) is 43.2. The summed E-state index contributed by atoms with van der Waals surface area (Å²) in [6, 6.07) is 2.21. The van der Waals surface area contributed by atoms with Crippen LogP contribution in [0.3, 0.4) is 0 Å². The topological polar surface area (TPSA) is 71.1 Å². The zero-order valence-electron chi connectivity index (χ0n) is 20.9. The van der Waals surface area contributed by atoms with Crippen LogP contribution in [0, 0.1) is 58.2 Å². The standard InChI is InChI=1S/C28H43N3O2/c1-4-33-18-28(32)12-10-22-21(13-28)5-6-24-23(22)9-11-27(3)25(7-8-26(24)27)19(2)16-31-17-20(14-29)15-30-31/h15,17,19,21-26,32H,4-13,16,18H2,1-3H3/t19-,21+,22-,23+,24+,25?,26-,27+,28+/m0/s1. The van der Waals surface area contributed by atoms with Gasteiger partial charge in [-0.15, -0.1) is 0 Å². The second-order valence-electron chi connectivity index (χ2n) is 12.3. The molecule has 0 radical (unpaired) electrons. The lowest BCUT2D eigenvalue weighted by molar-refractivity contribution is -0.129. The fourth-order valence-corrected chi connectivity index (χ4v) is 9.30. The van der Waals surface area contributed by atoms with Crippen molar-refractivity contribution in [3.63, 3.8) is 0 Å². The minimum Gasteiger partial charge on any atom is -0.387 e. The number of ether oxygens (including phenoxy) is 1. The molecule has 1 heterocycles. The van der Waals surface area contributed by atoms with E-state index in [1.54, 1.807) is 6.20 Å². The van der Waals surface area contributed by atoms with Crippen molar-refractivity contribution < 1.29 is 9.84 Å². The predicted octanol–water partition coefficient (Wildman–Crippen LogP) is 5.43. The molecular weight excluding hydrogens is 410 g/mol. The lowest BCUT2D eigenvalue weighted by Gasteiger charge is -2.57. The van der Waals surface area contributed by atoms with Gasteiger partial charge in [0.25, 0.3) is 0 Å². The van der Waals surface area contributed by atoms with E-state index in [1.165, 1.54) is 44.9 Å². The number of hydrogen-bond acceptors (Lipinski definition) is 4. The maximum atomic E-state index is 11.1. The van der Waals surface area contributed by atoms with Crippen LogP contribution in [0.2, 0.25) is 0 Å². The third-order valence-corrected chi connectivity index (χ3v) is 10.7. The second kappa shape index (κ2) is 9.00. The summed E-state index contributed by atoms with van der Waals surface area (Å²) in [4.78, 5) is 0. The highest BCUT2D eigenvalue weighted by Crippen LogP contribution is 2.65. The van der Waals surface area contributed by atoms with Gasteiger partial charge in [0, 0.05) is 19.3 Å². The first-order valence-corrected chi connectivity index (χ1v) is 13.6. The van der Waals surface area contributed by atoms with Gasteiger partial charge >= 0.3 is 0 Å². The molecule has 0 bridgehead atoms. The number of rotatable bonds is 6. The van der Waals surface area contributed by atoms with Crippen molar-refractivity contribution in [2.45, 2.75) is 90.7 Å². The van der Waals surface area contributed by atoms with Crippen LogP contribution >= 0.6 is 0 Å². The first kappa shape index (κ1) is 23.4. The largest absolute Gasteiger partial charge is 0.387 e. The van der Waals surface area contributed by atoms with E-state index in [0.29, 0.717) is 36.0 Å². The van der Waals surface area contributed by atoms with Gasteiger partial charge in [0.05, 0.1) is 24.0 Å². The number of fused-ring (bicyclic) bond motifs is 5. The van der Waals surface area contributed by atoms with Gasteiger partial charge in [-0.05, 0) is 112 Å². The monoisotopic (exact) mass is 453 g/mol. The molecule has 33 heavy (non-hydrogen) atoms. The van der Waals surface area contributed by atoms with E-state index >= 15 is 0 Å². The highest BCUT2D eigenvalue weighted by Gasteiger charge is 2.58. The van der Waals surface area contributed by atoms with Gasteiger partial charge in [-0.3, -0.25) is 4.68 Å². The molecular formula is C28H43N3O2. The van der Waals surface area contributed by atoms with Crippen molar-refractivity contribution in [3.8, 4) is 6.07 Å². The second-order valence-corrected chi connectivity index (χ2v) is 12.3. The van der Waals surface area contributed by atoms with E-state index in [1.807, 2.05) is 17.8 Å². The molecule has 5 nitrogen and oxygen atoms in total. The molecule has 0 spiro atoms. The van der Waals surface area contributed by atoms with E-state index in [-0.39, 0.29) is 0 Å². The Labute approximate surface area is 199 Å². The summed E-state index contributed by atoms with van der Waals surface area (Å²) in [6.45, 7) is 9.18. The van der Waals surface area contributed by atoms with Gasteiger partial charge < -0.3 is 9.84 Å². The first-order chi connectivity index (χ1) is 15.9. The molecule has 1 N–H and O–H groups in total. The zero-order chi connectivity index (χ0) is 23.2. The molecule has 0 saturated heterocycles. The zero-order valence-corrected chi connectivity index (χ0v) is 20.9. The summed E-state index contributed by atoms with van der Waals surface area (Å²) in [5.41, 5.74) is 0.526. The van der Waals surface area contributed by atoms with E-state index < -0.39 is 5.60 Å². The summed E-state index contributed by atoms with van der Waals surface area (Å²) >= 11 is 0. The van der Waals surface area contributed by atoms with Crippen LogP contribution < -0.4 is 0 Å². The van der Waals surface area contributed by atoms with Crippen molar-refractivity contribution in [3.05, 3.63) is 18.0 Å². The number of aliphatic hydroxyl groups is 1. The summed E-state index contributed by atoms with van der Waals surface area (Å²) in [7, 11) is 0. The molecule has 182 valence electrons. The molecule has 4 aliphatic carbocycles. The Balaban J connectivity index is 1.26. The molecule has 4 fully saturated rings. The van der Waals surface area contributed by atoms with E-state index in [4.69, 9.17) is 10.00 Å². The molecule has 1 aromatic rings. The summed E-state index contributed by atoms with van der Waals surface area (Å²) in [5.74, 6) is 5.47. The highest BCUT2D eigenvalue weighted by atomic mass is 16.5. The Kier molecular flexibility index (Phi) is 6.38. The average Bonchev–Trinajstić information content (AvgIpc) is 3.40. The Morgan fingerprint density at radius 3 is 2.76 bits per heavy atom. The van der Waals surface area contributed by atoms with E-state index in [9.17, 15) is 5.11 Å². The van der Waals surface area contributed by atoms with Crippen molar-refractivity contribution in [2.75, 3.05) is 13.2 Å². The molecule has 4 aliphatic rings. The van der Waals surface area contributed by atoms with Crippen LogP contribution in [-0.2, 0) is 11.3 Å². The van der Waals surface area contributed by atoms with Gasteiger partial charge in [0.1, 0.15) is 6.07 Å². The van der Waals surface area contributed by atoms with Crippen LogP contribution in [0.1, 0.15) is 84.1 Å². The Morgan fingerprint density at radius 1 is 1.18 bits per heavy atom. The van der Waals surface area contributed by atoms with Gasteiger partial charge in [0.2, 0.25) is 0 Å². The number of aromatic nitrogens is 2. The van der Waals surface area contributed by atoms with Crippen LogP contribution in [0.15, 0.2) is 12.4 Å². The third kappa shape index (κ3) is 4.16. The van der Waals surface area contributed by atoms with Crippen molar-refractivity contribution in [1.29, 1.82) is 5.26 Å². The highest BCUT2D eigenvalue weighted by molar-refractivity contribution is 5.21. The molecule has 0 aliphatic heterocycles. The van der Waals surface area contributed by atoms with Crippen LogP contribution in [0.25, 0.3) is 0 Å². The van der Waals surface area contributed by atoms with E-state index in [0.717, 1.165) is 49.0 Å². The summed E-state index contributed by atoms with van der Waals surface area (Å²) in [5, 5.41) is 24.7. The van der Waals surface area contributed by atoms with Gasteiger partial charge in [-0.25, -0.2) is 0 Å². The van der Waals surface area contributed by atoms with E-state index in [2.05, 4.69) is 25.0 Å². The quantitative estimate of drug-likeness (QED) is 0.624. The Morgan fingerprint density at radius 2 is 2.00 bits per heavy atom. The molecule has 0 aromatic carbocycles. The van der Waals surface area contributed by atoms with Crippen molar-refractivity contribution in [1.82, 2.24) is 9.78 Å². The lowest BCUT2D eigenvalue weighted by atomic mass is 9.48. The number of nitrogens with zero attached hydrogens (tertiary/aromatic N) is 3. The molecule has 9 atom stereocenters. The van der Waals surface area contributed by atoms with Gasteiger partial charge in [-0.2, -0.15) is 10.4 Å². The van der Waals surface area contributed by atoms with Crippen LogP contribution in [-0.4, -0.2) is 33.7 Å². The molecule has 5 heteroatoms. The summed E-state index contributed by atoms with van der Waals surface area (Å²) < 4.78 is 7.63. The predicted molar refractivity (Wildman–Crippen MR) is 128 cm³/mol. The minimum absolute atomic E-state index is 0.447. The first-order valence-electron chi connectivity index (χ1n) is 13.6. The SMILES string of the molecule is CCOC[C@@]1(O)CC[C@H]2[C@H](CC[C@@H]3[C@@H]2CC[C@]2(C)C([C@@H](C)Cn4cc(C#N)cn4)CC[C@@H]32)C1.